The molecule has 336 valence electrons. The van der Waals surface area contributed by atoms with Crippen molar-refractivity contribution < 1.29 is 23.9 Å². The molecule has 2 aromatic carbocycles. The fraction of sp³-hybridized carbons (Fsp3) is 0.529. The third-order valence-electron chi connectivity index (χ3n) is 13.9. The second-order valence-corrected chi connectivity index (χ2v) is 19.6. The quantitative estimate of drug-likeness (QED) is 0.114. The third kappa shape index (κ3) is 9.10. The van der Waals surface area contributed by atoms with Gasteiger partial charge in [-0.1, -0.05) is 64.1 Å². The minimum absolute atomic E-state index is 0.000975. The van der Waals surface area contributed by atoms with Gasteiger partial charge < -0.3 is 24.7 Å². The van der Waals surface area contributed by atoms with Crippen molar-refractivity contribution >= 4 is 28.7 Å². The summed E-state index contributed by atoms with van der Waals surface area (Å²) in [6.45, 7) is 20.6. The molecule has 8 rings (SSSR count). The van der Waals surface area contributed by atoms with E-state index in [0.29, 0.717) is 25.8 Å². The minimum Gasteiger partial charge on any atom is -0.464 e. The average Bonchev–Trinajstić information content (AvgIpc) is 3.83. The SMILES string of the molecule is C=CCN1CC2(CC[C@@H]([C@H](C(=O)N[C@H]3Cc4cccc(c4)-c4ccc5c(c4)c(c(-c4cccnc4[C@H](C)OC)n5CC)CC(C)(C)COC(=O)[C@@H]4CCCN(N4)C3=O)C(C)C)N2)C1. The Hall–Kier alpha value is -4.88. The van der Waals surface area contributed by atoms with E-state index in [0.717, 1.165) is 89.1 Å². The van der Waals surface area contributed by atoms with Crippen LogP contribution in [0.3, 0.4) is 0 Å². The van der Waals surface area contributed by atoms with Gasteiger partial charge in [-0.2, -0.15) is 0 Å². The van der Waals surface area contributed by atoms with Crippen molar-refractivity contribution in [2.24, 2.45) is 17.3 Å². The standard InChI is InChI=1S/C51H67N7O5/c1-9-23-56-29-51(30-56)21-20-40(54-51)44(32(3)4)47(59)53-42-26-34-14-11-15-35(25-34)36-18-19-43-38(27-36)39(46(57(43)10-2)37-16-12-22-52-45(37)33(5)62-8)28-50(6,7)31-63-49(61)41-17-13-24-58(55-41)48(42)60/h9,11-12,14-16,18-19,22,25,27,32-33,40-42,44,54-55H,1,10,13,17,20-21,23-24,26,28-31H2,2-8H3,(H,53,59)/t33-,40-,41-,42-,44+/m0/s1. The molecule has 5 atom stereocenters. The number of hydrogen-bond acceptors (Lipinski definition) is 9. The molecule has 12 nitrogen and oxygen atoms in total. The predicted molar refractivity (Wildman–Crippen MR) is 248 cm³/mol. The number of nitrogens with zero attached hydrogens (tertiary/aromatic N) is 4. The number of aryl methyl sites for hydroxylation is 1. The summed E-state index contributed by atoms with van der Waals surface area (Å²) in [5.41, 5.74) is 11.0. The van der Waals surface area contributed by atoms with Gasteiger partial charge in [0, 0.05) is 85.9 Å². The zero-order chi connectivity index (χ0) is 44.6. The van der Waals surface area contributed by atoms with E-state index < -0.39 is 17.5 Å². The van der Waals surface area contributed by atoms with Gasteiger partial charge >= 0.3 is 5.97 Å². The molecular formula is C51H67N7O5. The molecule has 63 heavy (non-hydrogen) atoms. The Morgan fingerprint density at radius 1 is 1.08 bits per heavy atom. The molecule has 0 saturated carbocycles. The first-order valence-electron chi connectivity index (χ1n) is 23.1. The highest BCUT2D eigenvalue weighted by atomic mass is 16.5. The van der Waals surface area contributed by atoms with Crippen molar-refractivity contribution in [3.8, 4) is 22.4 Å². The number of carbonyl (C=O) groups excluding carboxylic acids is 3. The minimum atomic E-state index is -0.866. The number of cyclic esters (lactones) is 1. The Bertz CT molecular complexity index is 2350. The third-order valence-corrected chi connectivity index (χ3v) is 13.9. The average molecular weight is 858 g/mol. The smallest absolute Gasteiger partial charge is 0.324 e. The lowest BCUT2D eigenvalue weighted by Crippen LogP contribution is -2.68. The zero-order valence-corrected chi connectivity index (χ0v) is 38.3. The van der Waals surface area contributed by atoms with Crippen LogP contribution in [0.5, 0.6) is 0 Å². The number of aromatic nitrogens is 2. The first kappa shape index (κ1) is 44.7. The highest BCUT2D eigenvalue weighted by Crippen LogP contribution is 2.42. The number of rotatable bonds is 10. The molecule has 3 N–H and O–H groups in total. The van der Waals surface area contributed by atoms with Crippen LogP contribution in [0.4, 0.5) is 0 Å². The van der Waals surface area contributed by atoms with Crippen LogP contribution in [0, 0.1) is 17.3 Å². The number of ether oxygens (including phenoxy) is 2. The van der Waals surface area contributed by atoms with E-state index in [4.69, 9.17) is 14.5 Å². The molecule has 4 aromatic rings. The Labute approximate surface area is 373 Å². The first-order valence-corrected chi connectivity index (χ1v) is 23.1. The molecule has 3 fully saturated rings. The number of esters is 1. The summed E-state index contributed by atoms with van der Waals surface area (Å²) in [7, 11) is 1.71. The largest absolute Gasteiger partial charge is 0.464 e. The summed E-state index contributed by atoms with van der Waals surface area (Å²) >= 11 is 0. The van der Waals surface area contributed by atoms with E-state index in [1.165, 1.54) is 0 Å². The molecule has 3 saturated heterocycles. The van der Waals surface area contributed by atoms with Gasteiger partial charge in [-0.05, 0) is 98.4 Å². The van der Waals surface area contributed by atoms with E-state index in [9.17, 15) is 14.4 Å². The molecule has 1 spiro atoms. The number of methoxy groups -OCH3 is 1. The van der Waals surface area contributed by atoms with Crippen molar-refractivity contribution in [1.29, 1.82) is 0 Å². The lowest BCUT2D eigenvalue weighted by atomic mass is 9.84. The molecule has 12 heteroatoms. The number of pyridine rings is 1. The van der Waals surface area contributed by atoms with Gasteiger partial charge in [0.1, 0.15) is 12.1 Å². The normalized spacial score (nSPS) is 23.6. The van der Waals surface area contributed by atoms with Crippen LogP contribution in [0.15, 0.2) is 73.4 Å². The summed E-state index contributed by atoms with van der Waals surface area (Å²) in [6.07, 6.45) is 7.52. The molecule has 4 aliphatic rings. The Balaban J connectivity index is 1.18. The topological polar surface area (TPSA) is 130 Å². The van der Waals surface area contributed by atoms with Crippen LogP contribution in [0.2, 0.25) is 0 Å². The van der Waals surface area contributed by atoms with Gasteiger partial charge in [0.15, 0.2) is 0 Å². The lowest BCUT2D eigenvalue weighted by Gasteiger charge is -2.49. The van der Waals surface area contributed by atoms with Crippen LogP contribution in [-0.4, -0.2) is 101 Å². The monoisotopic (exact) mass is 858 g/mol. The highest BCUT2D eigenvalue weighted by Gasteiger charge is 2.50. The lowest BCUT2D eigenvalue weighted by molar-refractivity contribution is -0.155. The maximum absolute atomic E-state index is 14.7. The van der Waals surface area contributed by atoms with Gasteiger partial charge in [0.05, 0.1) is 30.0 Å². The Kier molecular flexibility index (Phi) is 13.0. The van der Waals surface area contributed by atoms with Gasteiger partial charge in [0.25, 0.3) is 5.91 Å². The second kappa shape index (κ2) is 18.3. The van der Waals surface area contributed by atoms with Gasteiger partial charge in [-0.15, -0.1) is 6.58 Å². The second-order valence-electron chi connectivity index (χ2n) is 19.6. The van der Waals surface area contributed by atoms with E-state index >= 15 is 0 Å². The molecule has 0 radical (unpaired) electrons. The van der Waals surface area contributed by atoms with Crippen molar-refractivity contribution in [1.82, 2.24) is 35.5 Å². The highest BCUT2D eigenvalue weighted by molar-refractivity contribution is 5.95. The number of nitrogens with one attached hydrogen (secondary N) is 3. The molecule has 6 heterocycles. The number of amides is 2. The van der Waals surface area contributed by atoms with Crippen LogP contribution in [0.1, 0.15) is 90.2 Å². The van der Waals surface area contributed by atoms with Crippen LogP contribution in [-0.2, 0) is 43.2 Å². The van der Waals surface area contributed by atoms with Crippen molar-refractivity contribution in [3.63, 3.8) is 0 Å². The Morgan fingerprint density at radius 3 is 2.62 bits per heavy atom. The summed E-state index contributed by atoms with van der Waals surface area (Å²) in [4.78, 5) is 50.4. The van der Waals surface area contributed by atoms with E-state index in [1.54, 1.807) is 12.1 Å². The maximum Gasteiger partial charge on any atom is 0.324 e. The van der Waals surface area contributed by atoms with Gasteiger partial charge in [-0.3, -0.25) is 29.3 Å². The fourth-order valence-corrected chi connectivity index (χ4v) is 10.8. The van der Waals surface area contributed by atoms with Crippen LogP contribution >= 0.6 is 0 Å². The van der Waals surface area contributed by atoms with E-state index in [1.807, 2.05) is 37.4 Å². The molecule has 2 aromatic heterocycles. The number of likely N-dealkylation sites (tertiary alicyclic amines) is 1. The van der Waals surface area contributed by atoms with Crippen LogP contribution < -0.4 is 16.1 Å². The van der Waals surface area contributed by atoms with E-state index in [-0.39, 0.29) is 60.3 Å². The van der Waals surface area contributed by atoms with Crippen molar-refractivity contribution in [2.75, 3.05) is 39.9 Å². The Morgan fingerprint density at radius 2 is 1.87 bits per heavy atom. The number of fused-ring (bicyclic) bond motifs is 6. The van der Waals surface area contributed by atoms with Gasteiger partial charge in [-0.25, -0.2) is 5.43 Å². The first-order chi connectivity index (χ1) is 30.2. The molecular weight excluding hydrogens is 791 g/mol. The summed E-state index contributed by atoms with van der Waals surface area (Å²) in [6, 6.07) is 17.5. The summed E-state index contributed by atoms with van der Waals surface area (Å²) in [5.74, 6) is -1.05. The van der Waals surface area contributed by atoms with Gasteiger partial charge in [0.2, 0.25) is 5.91 Å². The summed E-state index contributed by atoms with van der Waals surface area (Å²) in [5, 5.41) is 9.81. The number of carbonyl (C=O) groups is 3. The number of hydrogen-bond donors (Lipinski definition) is 3. The van der Waals surface area contributed by atoms with Crippen molar-refractivity contribution in [3.05, 3.63) is 90.3 Å². The molecule has 2 amide bonds. The molecule has 0 aliphatic carbocycles. The van der Waals surface area contributed by atoms with E-state index in [2.05, 4.69) is 103 Å². The predicted octanol–water partition coefficient (Wildman–Crippen LogP) is 7.01. The molecule has 6 bridgehead atoms. The zero-order valence-electron chi connectivity index (χ0n) is 38.3. The summed E-state index contributed by atoms with van der Waals surface area (Å²) < 4.78 is 14.4. The number of benzene rings is 2. The maximum atomic E-state index is 14.7. The molecule has 0 unspecified atom stereocenters. The van der Waals surface area contributed by atoms with Crippen LogP contribution in [0.25, 0.3) is 33.3 Å². The molecule has 4 aliphatic heterocycles. The van der Waals surface area contributed by atoms with Crippen molar-refractivity contribution in [2.45, 2.75) is 116 Å². The fourth-order valence-electron chi connectivity index (χ4n) is 10.8. The number of hydrazine groups is 1.